The largest absolute Gasteiger partial charge is 0.481 e. The highest BCUT2D eigenvalue weighted by Gasteiger charge is 2.24. The van der Waals surface area contributed by atoms with Crippen LogP contribution in [0.15, 0.2) is 12.2 Å². The summed E-state index contributed by atoms with van der Waals surface area (Å²) in [6.45, 7) is 1.61. The van der Waals surface area contributed by atoms with Crippen LogP contribution in [-0.2, 0) is 9.59 Å². The van der Waals surface area contributed by atoms with E-state index in [2.05, 4.69) is 12.2 Å². The molecule has 0 radical (unpaired) electrons. The van der Waals surface area contributed by atoms with E-state index in [9.17, 15) is 9.59 Å². The number of hydrogen-bond acceptors (Lipinski definition) is 2. The summed E-state index contributed by atoms with van der Waals surface area (Å²) >= 11 is 0. The van der Waals surface area contributed by atoms with Gasteiger partial charge in [-0.15, -0.1) is 0 Å². The van der Waals surface area contributed by atoms with Gasteiger partial charge in [0.2, 0.25) is 5.91 Å². The zero-order valence-corrected chi connectivity index (χ0v) is 11.4. The van der Waals surface area contributed by atoms with Crippen molar-refractivity contribution in [1.29, 1.82) is 0 Å². The van der Waals surface area contributed by atoms with Crippen molar-refractivity contribution in [3.05, 3.63) is 12.2 Å². The third-order valence-electron chi connectivity index (χ3n) is 4.28. The van der Waals surface area contributed by atoms with E-state index in [0.29, 0.717) is 18.3 Å². The van der Waals surface area contributed by atoms with Gasteiger partial charge in [0.25, 0.3) is 0 Å². The van der Waals surface area contributed by atoms with E-state index in [1.54, 1.807) is 0 Å². The maximum atomic E-state index is 12.1. The number of aliphatic carboxylic acids is 1. The molecule has 1 aliphatic carbocycles. The van der Waals surface area contributed by atoms with Crippen molar-refractivity contribution in [3.8, 4) is 0 Å². The number of nitrogens with zero attached hydrogens (tertiary/aromatic N) is 1. The highest BCUT2D eigenvalue weighted by molar-refractivity contribution is 5.76. The number of amides is 1. The molecule has 0 aromatic rings. The normalized spacial score (nSPS) is 23.8. The molecule has 0 saturated carbocycles. The molecule has 1 atom stereocenters. The first-order chi connectivity index (χ1) is 9.15. The Morgan fingerprint density at radius 2 is 1.95 bits per heavy atom. The molecule has 1 heterocycles. The molecule has 1 N–H and O–H groups in total. The van der Waals surface area contributed by atoms with Crippen molar-refractivity contribution in [2.24, 2.45) is 11.8 Å². The fourth-order valence-electron chi connectivity index (χ4n) is 3.02. The maximum absolute atomic E-state index is 12.1. The minimum Gasteiger partial charge on any atom is -0.481 e. The molecule has 1 amide bonds. The first-order valence-corrected chi connectivity index (χ1v) is 7.31. The van der Waals surface area contributed by atoms with Crippen molar-refractivity contribution >= 4 is 11.9 Å². The summed E-state index contributed by atoms with van der Waals surface area (Å²) in [6.07, 6.45) is 10.1. The van der Waals surface area contributed by atoms with Crippen molar-refractivity contribution in [1.82, 2.24) is 4.90 Å². The second-order valence-corrected chi connectivity index (χ2v) is 5.73. The first kappa shape index (κ1) is 14.1. The molecule has 0 aromatic heterocycles. The molecule has 0 bridgehead atoms. The molecule has 1 fully saturated rings. The fraction of sp³-hybridized carbons (Fsp3) is 0.733. The topological polar surface area (TPSA) is 57.6 Å². The Morgan fingerprint density at radius 3 is 2.53 bits per heavy atom. The monoisotopic (exact) mass is 265 g/mol. The molecule has 1 saturated heterocycles. The van der Waals surface area contributed by atoms with Crippen LogP contribution in [0.3, 0.4) is 0 Å². The third-order valence-corrected chi connectivity index (χ3v) is 4.28. The van der Waals surface area contributed by atoms with E-state index in [-0.39, 0.29) is 12.3 Å². The highest BCUT2D eigenvalue weighted by atomic mass is 16.4. The van der Waals surface area contributed by atoms with Crippen LogP contribution in [-0.4, -0.2) is 35.0 Å². The number of carboxylic acid groups (broad SMARTS) is 1. The van der Waals surface area contributed by atoms with Crippen LogP contribution in [0.4, 0.5) is 0 Å². The van der Waals surface area contributed by atoms with E-state index in [0.717, 1.165) is 45.2 Å². The van der Waals surface area contributed by atoms with Gasteiger partial charge in [0.15, 0.2) is 0 Å². The summed E-state index contributed by atoms with van der Waals surface area (Å²) < 4.78 is 0. The summed E-state index contributed by atoms with van der Waals surface area (Å²) in [5.74, 6) is 0.475. The zero-order valence-electron chi connectivity index (χ0n) is 11.4. The lowest BCUT2D eigenvalue weighted by Crippen LogP contribution is -2.39. The SMILES string of the molecule is O=C(O)CCC1CCN(C(=O)C[C@H]2C=CCC2)CC1. The van der Waals surface area contributed by atoms with Gasteiger partial charge in [-0.25, -0.2) is 0 Å². The molecule has 2 aliphatic rings. The van der Waals surface area contributed by atoms with Gasteiger partial charge in [-0.05, 0) is 43.9 Å². The van der Waals surface area contributed by atoms with Crippen molar-refractivity contribution in [3.63, 3.8) is 0 Å². The quantitative estimate of drug-likeness (QED) is 0.777. The molecule has 0 spiro atoms. The van der Waals surface area contributed by atoms with Crippen molar-refractivity contribution in [2.45, 2.75) is 44.9 Å². The van der Waals surface area contributed by atoms with Gasteiger partial charge in [0.1, 0.15) is 0 Å². The second kappa shape index (κ2) is 6.73. The van der Waals surface area contributed by atoms with Gasteiger partial charge in [-0.3, -0.25) is 9.59 Å². The zero-order chi connectivity index (χ0) is 13.7. The Balaban J connectivity index is 1.68. The predicted molar refractivity (Wildman–Crippen MR) is 72.7 cm³/mol. The Morgan fingerprint density at radius 1 is 1.21 bits per heavy atom. The average molecular weight is 265 g/mol. The molecule has 1 aliphatic heterocycles. The molecule has 2 rings (SSSR count). The van der Waals surface area contributed by atoms with Crippen LogP contribution in [0.5, 0.6) is 0 Å². The van der Waals surface area contributed by atoms with E-state index < -0.39 is 5.97 Å². The Kier molecular flexibility index (Phi) is 5.00. The third kappa shape index (κ3) is 4.37. The summed E-state index contributed by atoms with van der Waals surface area (Å²) in [6, 6.07) is 0. The molecule has 4 nitrogen and oxygen atoms in total. The Labute approximate surface area is 114 Å². The number of likely N-dealkylation sites (tertiary alicyclic amines) is 1. The van der Waals surface area contributed by atoms with Crippen molar-refractivity contribution in [2.75, 3.05) is 13.1 Å². The van der Waals surface area contributed by atoms with Crippen LogP contribution in [0.1, 0.15) is 44.9 Å². The fourth-order valence-corrected chi connectivity index (χ4v) is 3.02. The predicted octanol–water partition coefficient (Wildman–Crippen LogP) is 2.45. The van der Waals surface area contributed by atoms with Gasteiger partial charge in [-0.2, -0.15) is 0 Å². The summed E-state index contributed by atoms with van der Waals surface area (Å²) in [4.78, 5) is 24.6. The van der Waals surface area contributed by atoms with E-state index >= 15 is 0 Å². The summed E-state index contributed by atoms with van der Waals surface area (Å²) in [5.41, 5.74) is 0. The van der Waals surface area contributed by atoms with Gasteiger partial charge in [-0.1, -0.05) is 12.2 Å². The molecule has 106 valence electrons. The van der Waals surface area contributed by atoms with Gasteiger partial charge in [0.05, 0.1) is 0 Å². The van der Waals surface area contributed by atoms with Gasteiger partial charge < -0.3 is 10.0 Å². The first-order valence-electron chi connectivity index (χ1n) is 7.31. The number of carbonyl (C=O) groups is 2. The number of hydrogen-bond donors (Lipinski definition) is 1. The molecule has 4 heteroatoms. The van der Waals surface area contributed by atoms with Crippen LogP contribution in [0.2, 0.25) is 0 Å². The maximum Gasteiger partial charge on any atom is 0.303 e. The standard InChI is InChI=1S/C15H23NO3/c17-14(11-13-3-1-2-4-13)16-9-7-12(8-10-16)5-6-15(18)19/h1,3,12-13H,2,4-11H2,(H,18,19)/t13-/m0/s1. The van der Waals surface area contributed by atoms with Crippen molar-refractivity contribution < 1.29 is 14.7 Å². The molecule has 19 heavy (non-hydrogen) atoms. The number of carboxylic acids is 1. The minimum absolute atomic E-state index is 0.255. The molecule has 0 unspecified atom stereocenters. The Hall–Kier alpha value is -1.32. The molecule has 0 aromatic carbocycles. The number of allylic oxidation sites excluding steroid dienone is 2. The van der Waals surface area contributed by atoms with E-state index in [1.165, 1.54) is 0 Å². The van der Waals surface area contributed by atoms with Gasteiger partial charge in [0, 0.05) is 25.9 Å². The summed E-state index contributed by atoms with van der Waals surface area (Å²) in [5, 5.41) is 8.67. The average Bonchev–Trinajstić information content (AvgIpc) is 2.89. The van der Waals surface area contributed by atoms with Crippen LogP contribution >= 0.6 is 0 Å². The van der Waals surface area contributed by atoms with Crippen LogP contribution in [0, 0.1) is 11.8 Å². The number of piperidine rings is 1. The number of rotatable bonds is 5. The van der Waals surface area contributed by atoms with Gasteiger partial charge >= 0.3 is 5.97 Å². The summed E-state index contributed by atoms with van der Waals surface area (Å²) in [7, 11) is 0. The van der Waals surface area contributed by atoms with Crippen LogP contribution < -0.4 is 0 Å². The molecular formula is C15H23NO3. The van der Waals surface area contributed by atoms with E-state index in [1.807, 2.05) is 4.90 Å². The second-order valence-electron chi connectivity index (χ2n) is 5.73. The minimum atomic E-state index is -0.716. The van der Waals surface area contributed by atoms with E-state index in [4.69, 9.17) is 5.11 Å². The lowest BCUT2D eigenvalue weighted by Gasteiger charge is -2.32. The highest BCUT2D eigenvalue weighted by Crippen LogP contribution is 2.25. The van der Waals surface area contributed by atoms with Crippen LogP contribution in [0.25, 0.3) is 0 Å². The number of carbonyl (C=O) groups excluding carboxylic acids is 1. The lowest BCUT2D eigenvalue weighted by atomic mass is 9.91. The smallest absolute Gasteiger partial charge is 0.303 e. The Bertz CT molecular complexity index is 356. The molecular weight excluding hydrogens is 242 g/mol. The lowest BCUT2D eigenvalue weighted by molar-refractivity contribution is -0.138.